The highest BCUT2D eigenvalue weighted by atomic mass is 16.5. The van der Waals surface area contributed by atoms with E-state index < -0.39 is 0 Å². The molecule has 2 aliphatic heterocycles. The fourth-order valence-electron chi connectivity index (χ4n) is 9.88. The summed E-state index contributed by atoms with van der Waals surface area (Å²) in [5.74, 6) is 2.92. The van der Waals surface area contributed by atoms with E-state index in [9.17, 15) is 0 Å². The van der Waals surface area contributed by atoms with Gasteiger partial charge in [-0.15, -0.1) is 0 Å². The van der Waals surface area contributed by atoms with Gasteiger partial charge in [-0.1, -0.05) is 84.9 Å². The first kappa shape index (κ1) is 32.3. The summed E-state index contributed by atoms with van der Waals surface area (Å²) in [5, 5.41) is 7.95. The van der Waals surface area contributed by atoms with Crippen LogP contribution in [0.25, 0.3) is 87.8 Å². The molecule has 0 saturated carbocycles. The predicted octanol–water partition coefficient (Wildman–Crippen LogP) is 16.4. The predicted molar refractivity (Wildman–Crippen MR) is 245 cm³/mol. The van der Waals surface area contributed by atoms with E-state index in [1.807, 2.05) is 72.8 Å². The highest BCUT2D eigenvalue weighted by Gasteiger charge is 2.32. The Kier molecular flexibility index (Phi) is 6.01. The Labute approximate surface area is 350 Å². The molecule has 0 radical (unpaired) electrons. The molecule has 0 bridgehead atoms. The standard InChI is InChI=1S/C54H28N2O6/c1-5-19-43-29(11-1)31-13-9-17-39(53(31)61-43)55-37-15-3-7-21-45(37)57-51-25-35-33-23-48-34(24-47(33)59-49(35)27-41(51)55)36-26-52-42(28-50(36)60-48)56(38-16-4-8-22-46(38)58-52)40-18-10-14-32-30-12-2-6-20-44(30)62-54(32)40/h1-28H. The van der Waals surface area contributed by atoms with Gasteiger partial charge in [0.2, 0.25) is 0 Å². The van der Waals surface area contributed by atoms with Crippen LogP contribution in [0.3, 0.4) is 0 Å². The lowest BCUT2D eigenvalue weighted by molar-refractivity contribution is 0.477. The highest BCUT2D eigenvalue weighted by molar-refractivity contribution is 6.18. The largest absolute Gasteiger partial charge is 0.456 e. The van der Waals surface area contributed by atoms with Crippen molar-refractivity contribution in [3.8, 4) is 23.0 Å². The van der Waals surface area contributed by atoms with Crippen LogP contribution in [0.15, 0.2) is 188 Å². The molecule has 2 aliphatic rings. The number of hydrogen-bond donors (Lipinski definition) is 0. The molecule has 0 amide bonds. The van der Waals surface area contributed by atoms with Crippen LogP contribution in [0, 0.1) is 0 Å². The number of nitrogens with zero attached hydrogens (tertiary/aromatic N) is 2. The van der Waals surface area contributed by atoms with Gasteiger partial charge in [0.1, 0.15) is 33.5 Å². The van der Waals surface area contributed by atoms with E-state index in [1.165, 1.54) is 0 Å². The lowest BCUT2D eigenvalue weighted by atomic mass is 10.0. The van der Waals surface area contributed by atoms with Crippen molar-refractivity contribution < 1.29 is 27.1 Å². The number of benzene rings is 9. The summed E-state index contributed by atoms with van der Waals surface area (Å²) < 4.78 is 40.0. The van der Waals surface area contributed by atoms with Gasteiger partial charge >= 0.3 is 0 Å². The van der Waals surface area contributed by atoms with Crippen molar-refractivity contribution in [2.45, 2.75) is 0 Å². The molecule has 8 nitrogen and oxygen atoms in total. The van der Waals surface area contributed by atoms with Crippen LogP contribution in [0.4, 0.5) is 34.1 Å². The lowest BCUT2D eigenvalue weighted by Gasteiger charge is -2.32. The van der Waals surface area contributed by atoms with Crippen molar-refractivity contribution in [1.82, 2.24) is 0 Å². The molecule has 9 aromatic carbocycles. The van der Waals surface area contributed by atoms with Crippen LogP contribution in [-0.2, 0) is 0 Å². The van der Waals surface area contributed by atoms with Crippen molar-refractivity contribution in [1.29, 1.82) is 0 Å². The summed E-state index contributed by atoms with van der Waals surface area (Å²) in [5.41, 5.74) is 11.6. The van der Waals surface area contributed by atoms with Crippen LogP contribution in [0.5, 0.6) is 23.0 Å². The first-order valence-electron chi connectivity index (χ1n) is 20.6. The number of fused-ring (bicyclic) bond motifs is 16. The number of para-hydroxylation sites is 8. The Morgan fingerprint density at radius 2 is 0.629 bits per heavy atom. The first-order valence-corrected chi connectivity index (χ1v) is 20.6. The van der Waals surface area contributed by atoms with Gasteiger partial charge in [-0.05, 0) is 72.8 Å². The monoisotopic (exact) mass is 800 g/mol. The summed E-state index contributed by atoms with van der Waals surface area (Å²) in [7, 11) is 0. The number of rotatable bonds is 2. The van der Waals surface area contributed by atoms with E-state index in [0.717, 1.165) is 133 Å². The molecule has 6 heterocycles. The Bertz CT molecular complexity index is 3830. The third-order valence-electron chi connectivity index (χ3n) is 12.6. The van der Waals surface area contributed by atoms with E-state index in [-0.39, 0.29) is 0 Å². The maximum absolute atomic E-state index is 6.76. The van der Waals surface area contributed by atoms with Crippen LogP contribution in [0.2, 0.25) is 0 Å². The summed E-state index contributed by atoms with van der Waals surface area (Å²) >= 11 is 0. The number of furan rings is 4. The second kappa shape index (κ2) is 11.6. The first-order chi connectivity index (χ1) is 30.7. The van der Waals surface area contributed by atoms with Crippen molar-refractivity contribution in [2.24, 2.45) is 0 Å². The van der Waals surface area contributed by atoms with Crippen molar-refractivity contribution in [2.75, 3.05) is 9.80 Å². The number of anilines is 6. The van der Waals surface area contributed by atoms with E-state index in [2.05, 4.69) is 107 Å². The Hall–Kier alpha value is -8.62. The van der Waals surface area contributed by atoms with Crippen molar-refractivity contribution in [3.05, 3.63) is 170 Å². The zero-order chi connectivity index (χ0) is 40.2. The van der Waals surface area contributed by atoms with Gasteiger partial charge < -0.3 is 27.1 Å². The molecule has 62 heavy (non-hydrogen) atoms. The summed E-state index contributed by atoms with van der Waals surface area (Å²) in [6.07, 6.45) is 0. The molecule has 13 aromatic rings. The molecule has 0 atom stereocenters. The Morgan fingerprint density at radius 1 is 0.242 bits per heavy atom. The second-order valence-corrected chi connectivity index (χ2v) is 16.0. The van der Waals surface area contributed by atoms with Gasteiger partial charge in [-0.25, -0.2) is 0 Å². The molecule has 0 saturated heterocycles. The molecule has 290 valence electrons. The molecular formula is C54H28N2O6. The van der Waals surface area contributed by atoms with E-state index in [4.69, 9.17) is 27.1 Å². The SMILES string of the molecule is c1ccc2c(c1)Oc1cc3c(cc1N2c1cccc2c1oc1ccccc12)oc1cc2c(cc13)oc1cc3c(cc12)Oc1ccccc1N3c1cccc2c1oc1ccccc12. The highest BCUT2D eigenvalue weighted by Crippen LogP contribution is 2.56. The zero-order valence-electron chi connectivity index (χ0n) is 32.5. The molecule has 8 heteroatoms. The van der Waals surface area contributed by atoms with E-state index in [1.54, 1.807) is 0 Å². The molecule has 4 aromatic heterocycles. The number of ether oxygens (including phenoxy) is 2. The maximum atomic E-state index is 6.76. The fraction of sp³-hybridized carbons (Fsp3) is 0. The van der Waals surface area contributed by atoms with Crippen LogP contribution >= 0.6 is 0 Å². The van der Waals surface area contributed by atoms with Crippen molar-refractivity contribution in [3.63, 3.8) is 0 Å². The van der Waals surface area contributed by atoms with Gasteiger partial charge in [0.15, 0.2) is 34.2 Å². The summed E-state index contributed by atoms with van der Waals surface area (Å²) in [6, 6.07) is 57.5. The molecule has 0 fully saturated rings. The van der Waals surface area contributed by atoms with Crippen molar-refractivity contribution >= 4 is 122 Å². The van der Waals surface area contributed by atoms with Crippen LogP contribution in [-0.4, -0.2) is 0 Å². The Morgan fingerprint density at radius 3 is 1.13 bits per heavy atom. The average Bonchev–Trinajstić information content (AvgIpc) is 4.07. The van der Waals surface area contributed by atoms with E-state index in [0.29, 0.717) is 11.5 Å². The molecule has 0 spiro atoms. The molecule has 0 unspecified atom stereocenters. The maximum Gasteiger partial charge on any atom is 0.159 e. The zero-order valence-corrected chi connectivity index (χ0v) is 32.5. The second-order valence-electron chi connectivity index (χ2n) is 16.0. The minimum absolute atomic E-state index is 0.709. The molecule has 15 rings (SSSR count). The summed E-state index contributed by atoms with van der Waals surface area (Å²) in [6.45, 7) is 0. The molecule has 0 aliphatic carbocycles. The van der Waals surface area contributed by atoms with Gasteiger partial charge in [-0.2, -0.15) is 0 Å². The minimum atomic E-state index is 0.709. The Balaban J connectivity index is 0.908. The number of hydrogen-bond acceptors (Lipinski definition) is 8. The molecular weight excluding hydrogens is 773 g/mol. The minimum Gasteiger partial charge on any atom is -0.456 e. The van der Waals surface area contributed by atoms with Gasteiger partial charge in [0.25, 0.3) is 0 Å². The van der Waals surface area contributed by atoms with Gasteiger partial charge in [-0.3, -0.25) is 9.80 Å². The van der Waals surface area contributed by atoms with E-state index >= 15 is 0 Å². The normalized spacial score (nSPS) is 13.4. The quantitative estimate of drug-likeness (QED) is 0.171. The third-order valence-corrected chi connectivity index (χ3v) is 12.6. The fourth-order valence-corrected chi connectivity index (χ4v) is 9.88. The third kappa shape index (κ3) is 4.24. The van der Waals surface area contributed by atoms with Gasteiger partial charge in [0.05, 0.1) is 34.1 Å². The topological polar surface area (TPSA) is 77.5 Å². The smallest absolute Gasteiger partial charge is 0.159 e. The average molecular weight is 801 g/mol. The van der Waals surface area contributed by atoms with Gasteiger partial charge in [0, 0.05) is 55.2 Å². The van der Waals surface area contributed by atoms with Crippen LogP contribution in [0.1, 0.15) is 0 Å². The lowest BCUT2D eigenvalue weighted by Crippen LogP contribution is -2.15. The summed E-state index contributed by atoms with van der Waals surface area (Å²) in [4.78, 5) is 4.42. The van der Waals surface area contributed by atoms with Crippen LogP contribution < -0.4 is 19.3 Å². The molecule has 0 N–H and O–H groups in total.